The molecule has 0 unspecified atom stereocenters. The Morgan fingerprint density at radius 2 is 1.96 bits per heavy atom. The number of halogens is 1. The van der Waals surface area contributed by atoms with Gasteiger partial charge in [0.2, 0.25) is 6.79 Å². The molecule has 0 saturated carbocycles. The zero-order valence-corrected chi connectivity index (χ0v) is 14.5. The lowest BCUT2D eigenvalue weighted by Crippen LogP contribution is -2.28. The highest BCUT2D eigenvalue weighted by molar-refractivity contribution is 6.31. The molecule has 0 aromatic heterocycles. The number of carbonyl (C=O) groups is 2. The average molecular weight is 374 g/mol. The lowest BCUT2D eigenvalue weighted by atomic mass is 10.2. The van der Waals surface area contributed by atoms with E-state index in [1.807, 2.05) is 18.2 Å². The van der Waals surface area contributed by atoms with Crippen LogP contribution in [-0.2, 0) is 20.9 Å². The van der Waals surface area contributed by atoms with Gasteiger partial charge in [-0.2, -0.15) is 0 Å². The van der Waals surface area contributed by atoms with E-state index < -0.39 is 11.9 Å². The van der Waals surface area contributed by atoms with Crippen molar-refractivity contribution in [2.24, 2.45) is 0 Å². The first kappa shape index (κ1) is 17.8. The summed E-state index contributed by atoms with van der Waals surface area (Å²) in [5, 5.41) is 3.21. The zero-order valence-electron chi connectivity index (χ0n) is 13.7. The van der Waals surface area contributed by atoms with Gasteiger partial charge in [-0.25, -0.2) is 4.79 Å². The lowest BCUT2D eigenvalue weighted by molar-refractivity contribution is -0.143. The van der Waals surface area contributed by atoms with Gasteiger partial charge in [0.25, 0.3) is 5.91 Å². The van der Waals surface area contributed by atoms with E-state index in [2.05, 4.69) is 5.32 Å². The molecule has 0 spiro atoms. The van der Waals surface area contributed by atoms with Gasteiger partial charge >= 0.3 is 5.97 Å². The second kappa shape index (κ2) is 8.40. The SMILES string of the molecule is O=C(COC(=O)/C=C/c1ccc2c(c1)OCO2)NCc1ccccc1Cl. The zero-order chi connectivity index (χ0) is 18.4. The van der Waals surface area contributed by atoms with Crippen molar-refractivity contribution in [2.75, 3.05) is 13.4 Å². The molecule has 0 saturated heterocycles. The maximum absolute atomic E-state index is 11.7. The summed E-state index contributed by atoms with van der Waals surface area (Å²) < 4.78 is 15.4. The molecule has 2 aromatic carbocycles. The molecule has 134 valence electrons. The van der Waals surface area contributed by atoms with Gasteiger partial charge < -0.3 is 19.5 Å². The molecule has 7 heteroatoms. The maximum Gasteiger partial charge on any atom is 0.331 e. The highest BCUT2D eigenvalue weighted by atomic mass is 35.5. The van der Waals surface area contributed by atoms with Crippen molar-refractivity contribution < 1.29 is 23.8 Å². The Morgan fingerprint density at radius 3 is 2.81 bits per heavy atom. The summed E-state index contributed by atoms with van der Waals surface area (Å²) in [6.45, 7) is 0.0890. The van der Waals surface area contributed by atoms with Crippen molar-refractivity contribution >= 4 is 29.6 Å². The number of carbonyl (C=O) groups excluding carboxylic acids is 2. The van der Waals surface area contributed by atoms with Crippen LogP contribution in [0.3, 0.4) is 0 Å². The van der Waals surface area contributed by atoms with Crippen molar-refractivity contribution in [2.45, 2.75) is 6.54 Å². The fourth-order valence-electron chi connectivity index (χ4n) is 2.25. The van der Waals surface area contributed by atoms with E-state index in [9.17, 15) is 9.59 Å². The Morgan fingerprint density at radius 1 is 1.15 bits per heavy atom. The van der Waals surface area contributed by atoms with Gasteiger partial charge in [0.1, 0.15) is 0 Å². The minimum absolute atomic E-state index is 0.188. The first-order valence-corrected chi connectivity index (χ1v) is 8.24. The number of fused-ring (bicyclic) bond motifs is 1. The Labute approximate surface area is 155 Å². The van der Waals surface area contributed by atoms with Crippen molar-refractivity contribution in [3.8, 4) is 11.5 Å². The number of nitrogens with one attached hydrogen (secondary N) is 1. The van der Waals surface area contributed by atoms with Crippen molar-refractivity contribution in [3.05, 3.63) is 64.7 Å². The molecule has 2 aromatic rings. The molecule has 0 atom stereocenters. The third kappa shape index (κ3) is 4.77. The Kier molecular flexibility index (Phi) is 5.76. The van der Waals surface area contributed by atoms with Gasteiger partial charge in [0.05, 0.1) is 0 Å². The van der Waals surface area contributed by atoms with Crippen LogP contribution in [0.25, 0.3) is 6.08 Å². The van der Waals surface area contributed by atoms with Crippen LogP contribution in [0.2, 0.25) is 5.02 Å². The van der Waals surface area contributed by atoms with Crippen LogP contribution in [0.5, 0.6) is 11.5 Å². The first-order valence-electron chi connectivity index (χ1n) is 7.86. The van der Waals surface area contributed by atoms with Crippen LogP contribution < -0.4 is 14.8 Å². The largest absolute Gasteiger partial charge is 0.454 e. The minimum atomic E-state index is -0.615. The highest BCUT2D eigenvalue weighted by Gasteiger charge is 2.12. The number of amides is 1. The van der Waals surface area contributed by atoms with Crippen LogP contribution in [0, 0.1) is 0 Å². The number of hydrogen-bond donors (Lipinski definition) is 1. The van der Waals surface area contributed by atoms with E-state index in [1.54, 1.807) is 30.3 Å². The molecule has 1 heterocycles. The third-order valence-electron chi connectivity index (χ3n) is 3.59. The standard InChI is InChI=1S/C19H16ClNO5/c20-15-4-2-1-3-14(15)10-21-18(22)11-24-19(23)8-6-13-5-7-16-17(9-13)26-12-25-16/h1-9H,10-12H2,(H,21,22)/b8-6+. The average Bonchev–Trinajstić information content (AvgIpc) is 3.12. The summed E-state index contributed by atoms with van der Waals surface area (Å²) in [5.74, 6) is 0.268. The van der Waals surface area contributed by atoms with E-state index in [4.69, 9.17) is 25.8 Å². The monoisotopic (exact) mass is 373 g/mol. The van der Waals surface area contributed by atoms with Gasteiger partial charge in [-0.05, 0) is 35.4 Å². The summed E-state index contributed by atoms with van der Waals surface area (Å²) in [6, 6.07) is 12.5. The second-order valence-corrected chi connectivity index (χ2v) is 5.83. The summed E-state index contributed by atoms with van der Waals surface area (Å²) in [4.78, 5) is 23.5. The molecule has 26 heavy (non-hydrogen) atoms. The van der Waals surface area contributed by atoms with Gasteiger partial charge in [0, 0.05) is 17.6 Å². The Bertz CT molecular complexity index is 850. The first-order chi connectivity index (χ1) is 12.6. The molecule has 1 aliphatic rings. The number of rotatable bonds is 6. The molecule has 0 bridgehead atoms. The predicted molar refractivity (Wildman–Crippen MR) is 95.9 cm³/mol. The van der Waals surface area contributed by atoms with Crippen LogP contribution in [0.4, 0.5) is 0 Å². The summed E-state index contributed by atoms with van der Waals surface area (Å²) in [7, 11) is 0. The summed E-state index contributed by atoms with van der Waals surface area (Å²) >= 11 is 6.01. The quantitative estimate of drug-likeness (QED) is 0.622. The lowest BCUT2D eigenvalue weighted by Gasteiger charge is -2.07. The molecule has 1 aliphatic heterocycles. The molecule has 0 radical (unpaired) electrons. The molecule has 3 rings (SSSR count). The molecular formula is C19H16ClNO5. The normalized spacial score (nSPS) is 12.2. The van der Waals surface area contributed by atoms with E-state index in [-0.39, 0.29) is 19.9 Å². The summed E-state index contributed by atoms with van der Waals surface area (Å²) in [5.41, 5.74) is 1.55. The van der Waals surface area contributed by atoms with Crippen molar-refractivity contribution in [1.82, 2.24) is 5.32 Å². The van der Waals surface area contributed by atoms with Gasteiger partial charge in [-0.3, -0.25) is 4.79 Å². The van der Waals surface area contributed by atoms with Crippen molar-refractivity contribution in [3.63, 3.8) is 0 Å². The third-order valence-corrected chi connectivity index (χ3v) is 3.96. The highest BCUT2D eigenvalue weighted by Crippen LogP contribution is 2.32. The number of ether oxygens (including phenoxy) is 3. The van der Waals surface area contributed by atoms with Crippen LogP contribution in [-0.4, -0.2) is 25.3 Å². The summed E-state index contributed by atoms with van der Waals surface area (Å²) in [6.07, 6.45) is 2.82. The van der Waals surface area contributed by atoms with Crippen molar-refractivity contribution in [1.29, 1.82) is 0 Å². The molecule has 0 aliphatic carbocycles. The van der Waals surface area contributed by atoms with Crippen LogP contribution >= 0.6 is 11.6 Å². The van der Waals surface area contributed by atoms with Crippen LogP contribution in [0.1, 0.15) is 11.1 Å². The number of hydrogen-bond acceptors (Lipinski definition) is 5. The Hall–Kier alpha value is -2.99. The predicted octanol–water partition coefficient (Wildman–Crippen LogP) is 2.94. The van der Waals surface area contributed by atoms with E-state index in [0.29, 0.717) is 16.5 Å². The smallest absolute Gasteiger partial charge is 0.331 e. The van der Waals surface area contributed by atoms with E-state index >= 15 is 0 Å². The second-order valence-electron chi connectivity index (χ2n) is 5.42. The van der Waals surface area contributed by atoms with Gasteiger partial charge in [0.15, 0.2) is 18.1 Å². The number of benzene rings is 2. The maximum atomic E-state index is 11.7. The molecular weight excluding hydrogens is 358 g/mol. The fraction of sp³-hybridized carbons (Fsp3) is 0.158. The van der Waals surface area contributed by atoms with Crippen LogP contribution in [0.15, 0.2) is 48.5 Å². The van der Waals surface area contributed by atoms with E-state index in [0.717, 1.165) is 11.1 Å². The Balaban J connectivity index is 1.43. The van der Waals surface area contributed by atoms with Gasteiger partial charge in [-0.15, -0.1) is 0 Å². The molecule has 1 N–H and O–H groups in total. The molecule has 0 fully saturated rings. The van der Waals surface area contributed by atoms with E-state index in [1.165, 1.54) is 6.08 Å². The fourth-order valence-corrected chi connectivity index (χ4v) is 2.46. The van der Waals surface area contributed by atoms with Gasteiger partial charge in [-0.1, -0.05) is 35.9 Å². The topological polar surface area (TPSA) is 73.9 Å². The molecule has 6 nitrogen and oxygen atoms in total. The minimum Gasteiger partial charge on any atom is -0.454 e. The number of esters is 1. The molecule has 1 amide bonds.